The van der Waals surface area contributed by atoms with Crippen LogP contribution in [0.4, 0.5) is 0 Å². The molecule has 0 aliphatic carbocycles. The Morgan fingerprint density at radius 2 is 2.23 bits per heavy atom. The minimum Gasteiger partial charge on any atom is -0.359 e. The van der Waals surface area contributed by atoms with Crippen LogP contribution in [0, 0.1) is 0 Å². The van der Waals surface area contributed by atoms with E-state index in [0.717, 1.165) is 22.6 Å². The fourth-order valence-electron chi connectivity index (χ4n) is 1.73. The fourth-order valence-corrected chi connectivity index (χ4v) is 2.60. The van der Waals surface area contributed by atoms with Crippen LogP contribution in [0.15, 0.2) is 64.0 Å². The van der Waals surface area contributed by atoms with Crippen molar-refractivity contribution >= 4 is 11.8 Å². The molecule has 0 fully saturated rings. The highest BCUT2D eigenvalue weighted by Gasteiger charge is 2.08. The van der Waals surface area contributed by atoms with Crippen LogP contribution in [0.2, 0.25) is 0 Å². The first-order valence-corrected chi connectivity index (χ1v) is 7.80. The summed E-state index contributed by atoms with van der Waals surface area (Å²) in [6.07, 6.45) is 5.26. The van der Waals surface area contributed by atoms with Crippen LogP contribution in [0.3, 0.4) is 0 Å². The maximum atomic E-state index is 8.30. The van der Waals surface area contributed by atoms with Gasteiger partial charge in [-0.3, -0.25) is 0 Å². The summed E-state index contributed by atoms with van der Waals surface area (Å²) in [5, 5.41) is 3.54. The minimum atomic E-state index is -0.0990. The summed E-state index contributed by atoms with van der Waals surface area (Å²) in [6, 6.07) is 10.1. The summed E-state index contributed by atoms with van der Waals surface area (Å²) in [4.78, 5) is 4.92. The molecular weight excluding hydrogens is 298 g/mol. The number of methoxy groups -OCH3 is 1. The summed E-state index contributed by atoms with van der Waals surface area (Å²) in [5.41, 5.74) is 8.30. The molecule has 6 heteroatoms. The third kappa shape index (κ3) is 7.90. The van der Waals surface area contributed by atoms with Gasteiger partial charge in [-0.2, -0.15) is 0 Å². The molecule has 0 saturated carbocycles. The molecule has 0 radical (unpaired) electrons. The van der Waals surface area contributed by atoms with Gasteiger partial charge in [0, 0.05) is 28.4 Å². The summed E-state index contributed by atoms with van der Waals surface area (Å²) < 4.78 is 10.6. The Morgan fingerprint density at radius 1 is 1.45 bits per heavy atom. The number of benzene rings is 1. The van der Waals surface area contributed by atoms with Crippen molar-refractivity contribution in [2.24, 2.45) is 5.11 Å². The van der Waals surface area contributed by atoms with Gasteiger partial charge < -0.3 is 9.47 Å². The second-order valence-electron chi connectivity index (χ2n) is 4.40. The second kappa shape index (κ2) is 11.9. The van der Waals surface area contributed by atoms with Gasteiger partial charge in [-0.25, -0.2) is 0 Å². The zero-order chi connectivity index (χ0) is 16.0. The number of nitrogens with zero attached hydrogens (tertiary/aromatic N) is 3. The van der Waals surface area contributed by atoms with E-state index in [2.05, 4.69) is 28.7 Å². The SMILES string of the molecule is C=C/C(=C/[C@@H](CCCN=[N+]=[N-])OCOC)Sc1ccccc1. The zero-order valence-electron chi connectivity index (χ0n) is 12.7. The number of hydrogen-bond donors (Lipinski definition) is 0. The Labute approximate surface area is 135 Å². The highest BCUT2D eigenvalue weighted by molar-refractivity contribution is 8.03. The van der Waals surface area contributed by atoms with Crippen LogP contribution >= 0.6 is 11.8 Å². The van der Waals surface area contributed by atoms with E-state index in [4.69, 9.17) is 15.0 Å². The molecule has 22 heavy (non-hydrogen) atoms. The predicted octanol–water partition coefficient (Wildman–Crippen LogP) is 4.93. The van der Waals surface area contributed by atoms with Crippen molar-refractivity contribution in [1.29, 1.82) is 0 Å². The maximum absolute atomic E-state index is 8.30. The predicted molar refractivity (Wildman–Crippen MR) is 90.6 cm³/mol. The van der Waals surface area contributed by atoms with Crippen molar-refractivity contribution in [2.75, 3.05) is 20.4 Å². The molecule has 0 aliphatic rings. The molecular formula is C16H21N3O2S. The standard InChI is InChI=1S/C16H21N3O2S/c1-3-15(22-16-9-5-4-6-10-16)12-14(21-13-20-2)8-7-11-18-19-17/h3-6,9-10,12,14H,1,7-8,11,13H2,2H3/b15-12-/t14-/m1/s1. The third-order valence-electron chi connectivity index (χ3n) is 2.74. The highest BCUT2D eigenvalue weighted by Crippen LogP contribution is 2.28. The Morgan fingerprint density at radius 3 is 2.86 bits per heavy atom. The molecule has 0 N–H and O–H groups in total. The van der Waals surface area contributed by atoms with E-state index in [-0.39, 0.29) is 12.9 Å². The van der Waals surface area contributed by atoms with Crippen molar-refractivity contribution in [3.05, 3.63) is 64.4 Å². The molecule has 0 heterocycles. The Bertz CT molecular complexity index is 513. The average Bonchev–Trinajstić information content (AvgIpc) is 2.56. The number of azide groups is 1. The lowest BCUT2D eigenvalue weighted by molar-refractivity contribution is -0.0577. The Kier molecular flexibility index (Phi) is 9.90. The third-order valence-corrected chi connectivity index (χ3v) is 3.79. The van der Waals surface area contributed by atoms with E-state index >= 15 is 0 Å². The van der Waals surface area contributed by atoms with Crippen LogP contribution < -0.4 is 0 Å². The van der Waals surface area contributed by atoms with Crippen LogP contribution in [-0.4, -0.2) is 26.6 Å². The second-order valence-corrected chi connectivity index (χ2v) is 5.54. The van der Waals surface area contributed by atoms with E-state index < -0.39 is 0 Å². The molecule has 1 rings (SSSR count). The summed E-state index contributed by atoms with van der Waals surface area (Å²) in [7, 11) is 1.59. The van der Waals surface area contributed by atoms with Gasteiger partial charge in [0.2, 0.25) is 0 Å². The van der Waals surface area contributed by atoms with E-state index in [1.807, 2.05) is 30.4 Å². The monoisotopic (exact) mass is 319 g/mol. The first kappa shape index (κ1) is 18.3. The number of ether oxygens (including phenoxy) is 2. The molecule has 0 amide bonds. The van der Waals surface area contributed by atoms with Crippen LogP contribution in [-0.2, 0) is 9.47 Å². The quantitative estimate of drug-likeness (QED) is 0.110. The smallest absolute Gasteiger partial charge is 0.147 e. The molecule has 0 aliphatic heterocycles. The number of rotatable bonds is 11. The minimum absolute atomic E-state index is 0.0990. The van der Waals surface area contributed by atoms with Gasteiger partial charge in [-0.15, -0.1) is 0 Å². The van der Waals surface area contributed by atoms with Gasteiger partial charge in [0.25, 0.3) is 0 Å². The lowest BCUT2D eigenvalue weighted by Gasteiger charge is -2.14. The highest BCUT2D eigenvalue weighted by atomic mass is 32.2. The molecule has 0 spiro atoms. The van der Waals surface area contributed by atoms with Crippen molar-refractivity contribution in [3.63, 3.8) is 0 Å². The number of hydrogen-bond acceptors (Lipinski definition) is 4. The van der Waals surface area contributed by atoms with E-state index in [1.54, 1.807) is 18.9 Å². The molecule has 118 valence electrons. The summed E-state index contributed by atoms with van der Waals surface area (Å²) in [5.74, 6) is 0. The van der Waals surface area contributed by atoms with Crippen LogP contribution in [0.5, 0.6) is 0 Å². The van der Waals surface area contributed by atoms with Gasteiger partial charge in [-0.05, 0) is 36.6 Å². The normalized spacial score (nSPS) is 12.5. The van der Waals surface area contributed by atoms with E-state index in [1.165, 1.54) is 0 Å². The average molecular weight is 319 g/mol. The van der Waals surface area contributed by atoms with Crippen molar-refractivity contribution in [2.45, 2.75) is 23.8 Å². The molecule has 1 aromatic rings. The van der Waals surface area contributed by atoms with Gasteiger partial charge in [0.05, 0.1) is 6.10 Å². The van der Waals surface area contributed by atoms with E-state index in [9.17, 15) is 0 Å². The summed E-state index contributed by atoms with van der Waals surface area (Å²) >= 11 is 1.63. The van der Waals surface area contributed by atoms with Crippen LogP contribution in [0.25, 0.3) is 10.4 Å². The molecule has 0 aromatic heterocycles. The molecule has 0 bridgehead atoms. The first-order chi connectivity index (χ1) is 10.8. The zero-order valence-corrected chi connectivity index (χ0v) is 13.5. The van der Waals surface area contributed by atoms with Gasteiger partial charge in [0.1, 0.15) is 6.79 Å². The lowest BCUT2D eigenvalue weighted by Crippen LogP contribution is -2.13. The van der Waals surface area contributed by atoms with Gasteiger partial charge >= 0.3 is 0 Å². The molecule has 1 aromatic carbocycles. The molecule has 0 saturated heterocycles. The maximum Gasteiger partial charge on any atom is 0.147 e. The van der Waals surface area contributed by atoms with Gasteiger partial charge in [0.15, 0.2) is 0 Å². The van der Waals surface area contributed by atoms with Crippen molar-refractivity contribution < 1.29 is 9.47 Å². The number of allylic oxidation sites excluding steroid dienone is 1. The number of thioether (sulfide) groups is 1. The lowest BCUT2D eigenvalue weighted by atomic mass is 10.2. The van der Waals surface area contributed by atoms with Crippen LogP contribution in [0.1, 0.15) is 12.8 Å². The van der Waals surface area contributed by atoms with Gasteiger partial charge in [-0.1, -0.05) is 47.7 Å². The van der Waals surface area contributed by atoms with E-state index in [0.29, 0.717) is 6.54 Å². The Hall–Kier alpha value is -1.72. The molecule has 0 unspecified atom stereocenters. The molecule has 5 nitrogen and oxygen atoms in total. The fraction of sp³-hybridized carbons (Fsp3) is 0.375. The van der Waals surface area contributed by atoms with Crippen molar-refractivity contribution in [1.82, 2.24) is 0 Å². The molecule has 1 atom stereocenters. The first-order valence-electron chi connectivity index (χ1n) is 6.98. The Balaban J connectivity index is 2.67. The topological polar surface area (TPSA) is 67.2 Å². The van der Waals surface area contributed by atoms with Crippen molar-refractivity contribution in [3.8, 4) is 0 Å². The largest absolute Gasteiger partial charge is 0.359 e. The summed E-state index contributed by atoms with van der Waals surface area (Å²) in [6.45, 7) is 4.55.